The Morgan fingerprint density at radius 3 is 2.82 bits per heavy atom. The fraction of sp³-hybridized carbons (Fsp3) is 0.429. The maximum absolute atomic E-state index is 11.2. The maximum atomic E-state index is 11.2. The summed E-state index contributed by atoms with van der Waals surface area (Å²) in [5.41, 5.74) is 7.76. The van der Waals surface area contributed by atoms with Crippen molar-refractivity contribution < 1.29 is 9.53 Å². The van der Waals surface area contributed by atoms with Gasteiger partial charge in [0.15, 0.2) is 5.96 Å². The summed E-state index contributed by atoms with van der Waals surface area (Å²) in [6.45, 7) is 2.51. The van der Waals surface area contributed by atoms with E-state index in [4.69, 9.17) is 10.5 Å². The highest BCUT2D eigenvalue weighted by Gasteiger charge is 2.23. The Bertz CT molecular complexity index is 816. The molecule has 6 nitrogen and oxygen atoms in total. The van der Waals surface area contributed by atoms with Crippen molar-refractivity contribution in [1.29, 1.82) is 0 Å². The molecule has 2 heterocycles. The van der Waals surface area contributed by atoms with E-state index in [0.29, 0.717) is 12.3 Å². The van der Waals surface area contributed by atoms with Crippen LogP contribution in [0.4, 0.5) is 0 Å². The Morgan fingerprint density at radius 2 is 2.14 bits per heavy atom. The average molecular weight is 401 g/mol. The molecule has 0 saturated carbocycles. The summed E-state index contributed by atoms with van der Waals surface area (Å²) in [6.07, 6.45) is 2.55. The number of primary amides is 1. The Hall–Kier alpha value is -2.54. The van der Waals surface area contributed by atoms with Gasteiger partial charge in [0.1, 0.15) is 5.75 Å². The van der Waals surface area contributed by atoms with Crippen molar-refractivity contribution in [3.63, 3.8) is 0 Å². The highest BCUT2D eigenvalue weighted by Crippen LogP contribution is 2.27. The van der Waals surface area contributed by atoms with Crippen molar-refractivity contribution in [1.82, 2.24) is 10.2 Å². The van der Waals surface area contributed by atoms with Gasteiger partial charge in [-0.3, -0.25) is 9.79 Å². The van der Waals surface area contributed by atoms with Crippen LogP contribution in [0.15, 0.2) is 40.7 Å². The molecule has 0 radical (unpaired) electrons. The Labute approximate surface area is 170 Å². The minimum absolute atomic E-state index is 0.223. The quantitative estimate of drug-likeness (QED) is 0.577. The van der Waals surface area contributed by atoms with E-state index in [1.165, 1.54) is 16.0 Å². The number of likely N-dealkylation sites (tertiary alicyclic amines) is 1. The van der Waals surface area contributed by atoms with Crippen LogP contribution in [-0.4, -0.2) is 44.0 Å². The van der Waals surface area contributed by atoms with Crippen molar-refractivity contribution in [2.75, 3.05) is 27.2 Å². The van der Waals surface area contributed by atoms with Gasteiger partial charge < -0.3 is 20.7 Å². The van der Waals surface area contributed by atoms with Gasteiger partial charge in [0, 0.05) is 31.4 Å². The van der Waals surface area contributed by atoms with Gasteiger partial charge in [0.2, 0.25) is 5.91 Å². The van der Waals surface area contributed by atoms with E-state index in [2.05, 4.69) is 38.8 Å². The van der Waals surface area contributed by atoms with Gasteiger partial charge in [0.05, 0.1) is 13.7 Å². The lowest BCUT2D eigenvalue weighted by molar-refractivity contribution is -0.119. The molecule has 1 saturated heterocycles. The molecule has 0 spiro atoms. The van der Waals surface area contributed by atoms with Gasteiger partial charge in [-0.1, -0.05) is 12.1 Å². The maximum Gasteiger partial charge on any atom is 0.217 e. The van der Waals surface area contributed by atoms with Crippen LogP contribution in [0, 0.1) is 5.92 Å². The topological polar surface area (TPSA) is 80.0 Å². The van der Waals surface area contributed by atoms with E-state index in [9.17, 15) is 4.79 Å². The third-order valence-corrected chi connectivity index (χ3v) is 5.95. The summed E-state index contributed by atoms with van der Waals surface area (Å²) < 4.78 is 5.22. The zero-order chi connectivity index (χ0) is 19.9. The summed E-state index contributed by atoms with van der Waals surface area (Å²) in [5.74, 6) is 1.84. The molecule has 1 aliphatic heterocycles. The molecule has 7 heteroatoms. The third kappa shape index (κ3) is 5.25. The number of thiophene rings is 1. The number of hydrogen-bond acceptors (Lipinski definition) is 4. The fourth-order valence-electron chi connectivity index (χ4n) is 3.62. The lowest BCUT2D eigenvalue weighted by Gasteiger charge is -2.34. The standard InChI is InChI=1S/C21H28N4O2S/c1-23-21(25-9-3-4-15(13-25)10-20(22)26)24-12-19-11-17(14-28-19)16-5-7-18(27-2)8-6-16/h5-8,11,14-15H,3-4,9-10,12-13H2,1-2H3,(H2,22,26)(H,23,24). The number of aliphatic imine (C=N–C) groups is 1. The number of ether oxygens (including phenoxy) is 1. The number of amides is 1. The van der Waals surface area contributed by atoms with E-state index in [0.717, 1.165) is 44.2 Å². The summed E-state index contributed by atoms with van der Waals surface area (Å²) >= 11 is 1.73. The van der Waals surface area contributed by atoms with Gasteiger partial charge in [-0.2, -0.15) is 0 Å². The van der Waals surface area contributed by atoms with Crippen LogP contribution in [0.1, 0.15) is 24.1 Å². The van der Waals surface area contributed by atoms with Crippen LogP contribution >= 0.6 is 11.3 Å². The molecule has 3 N–H and O–H groups in total. The molecule has 0 aliphatic carbocycles. The number of methoxy groups -OCH3 is 1. The van der Waals surface area contributed by atoms with E-state index in [1.54, 1.807) is 25.5 Å². The Balaban J connectivity index is 1.58. The van der Waals surface area contributed by atoms with Crippen LogP contribution in [0.3, 0.4) is 0 Å². The average Bonchev–Trinajstić information content (AvgIpc) is 3.17. The number of nitrogens with two attached hydrogens (primary N) is 1. The molecule has 150 valence electrons. The highest BCUT2D eigenvalue weighted by atomic mass is 32.1. The van der Waals surface area contributed by atoms with Crippen molar-refractivity contribution in [2.45, 2.75) is 25.8 Å². The van der Waals surface area contributed by atoms with Crippen molar-refractivity contribution in [3.8, 4) is 16.9 Å². The number of guanidine groups is 1. The van der Waals surface area contributed by atoms with E-state index in [-0.39, 0.29) is 5.91 Å². The van der Waals surface area contributed by atoms with Gasteiger partial charge >= 0.3 is 0 Å². The monoisotopic (exact) mass is 400 g/mol. The second kappa shape index (κ2) is 9.59. The van der Waals surface area contributed by atoms with Crippen LogP contribution in [0.5, 0.6) is 5.75 Å². The van der Waals surface area contributed by atoms with E-state index in [1.807, 2.05) is 12.1 Å². The minimum Gasteiger partial charge on any atom is -0.497 e. The Kier molecular flexibility index (Phi) is 6.92. The van der Waals surface area contributed by atoms with Gasteiger partial charge in [-0.15, -0.1) is 11.3 Å². The first-order chi connectivity index (χ1) is 13.6. The SMILES string of the molecule is CN=C(NCc1cc(-c2ccc(OC)cc2)cs1)N1CCCC(CC(N)=O)C1. The number of nitrogens with zero attached hydrogens (tertiary/aromatic N) is 2. The second-order valence-corrected chi connectivity index (χ2v) is 8.05. The summed E-state index contributed by atoms with van der Waals surface area (Å²) in [4.78, 5) is 19.1. The second-order valence-electron chi connectivity index (χ2n) is 7.06. The number of carbonyl (C=O) groups is 1. The lowest BCUT2D eigenvalue weighted by Crippen LogP contribution is -2.46. The number of rotatable bonds is 6. The predicted molar refractivity (Wildman–Crippen MR) is 115 cm³/mol. The number of hydrogen-bond donors (Lipinski definition) is 2. The molecule has 0 bridgehead atoms. The molecule has 1 aromatic heterocycles. The molecule has 1 aromatic carbocycles. The van der Waals surface area contributed by atoms with Gasteiger partial charge in [-0.05, 0) is 53.5 Å². The number of benzene rings is 1. The minimum atomic E-state index is -0.223. The van der Waals surface area contributed by atoms with Gasteiger partial charge in [-0.25, -0.2) is 0 Å². The lowest BCUT2D eigenvalue weighted by atomic mass is 9.95. The normalized spacial score (nSPS) is 17.4. The van der Waals surface area contributed by atoms with Gasteiger partial charge in [0.25, 0.3) is 0 Å². The number of carbonyl (C=O) groups excluding carboxylic acids is 1. The molecular formula is C21H28N4O2S. The Morgan fingerprint density at radius 1 is 1.36 bits per heavy atom. The van der Waals surface area contributed by atoms with Crippen molar-refractivity contribution >= 4 is 23.2 Å². The third-order valence-electron chi connectivity index (χ3n) is 5.02. The van der Waals surface area contributed by atoms with E-state index < -0.39 is 0 Å². The van der Waals surface area contributed by atoms with Crippen molar-refractivity contribution in [3.05, 3.63) is 40.6 Å². The number of piperidine rings is 1. The smallest absolute Gasteiger partial charge is 0.217 e. The molecule has 1 amide bonds. The molecule has 28 heavy (non-hydrogen) atoms. The largest absolute Gasteiger partial charge is 0.497 e. The molecule has 1 unspecified atom stereocenters. The molecule has 2 aromatic rings. The fourth-order valence-corrected chi connectivity index (χ4v) is 4.45. The molecule has 3 rings (SSSR count). The molecule has 1 aliphatic rings. The zero-order valence-corrected chi connectivity index (χ0v) is 17.3. The van der Waals surface area contributed by atoms with Crippen LogP contribution in [0.2, 0.25) is 0 Å². The summed E-state index contributed by atoms with van der Waals surface area (Å²) in [5, 5.41) is 5.63. The van der Waals surface area contributed by atoms with E-state index >= 15 is 0 Å². The van der Waals surface area contributed by atoms with Crippen LogP contribution < -0.4 is 15.8 Å². The highest BCUT2D eigenvalue weighted by molar-refractivity contribution is 7.10. The molecule has 1 fully saturated rings. The summed E-state index contributed by atoms with van der Waals surface area (Å²) in [7, 11) is 3.48. The zero-order valence-electron chi connectivity index (χ0n) is 16.5. The van der Waals surface area contributed by atoms with Crippen molar-refractivity contribution in [2.24, 2.45) is 16.6 Å². The first-order valence-corrected chi connectivity index (χ1v) is 10.4. The first kappa shape index (κ1) is 20.2. The van der Waals surface area contributed by atoms with Crippen LogP contribution in [-0.2, 0) is 11.3 Å². The summed E-state index contributed by atoms with van der Waals surface area (Å²) in [6, 6.07) is 10.3. The number of nitrogens with one attached hydrogen (secondary N) is 1. The predicted octanol–water partition coefficient (Wildman–Crippen LogP) is 3.09. The van der Waals surface area contributed by atoms with Crippen LogP contribution in [0.25, 0.3) is 11.1 Å². The molecule has 1 atom stereocenters. The molecular weight excluding hydrogens is 372 g/mol. The first-order valence-electron chi connectivity index (χ1n) is 9.54.